The molecule has 104 valence electrons. The van der Waals surface area contributed by atoms with Crippen LogP contribution >= 0.6 is 0 Å². The largest absolute Gasteiger partial charge is 0.455 e. The molecule has 2 fully saturated rings. The zero-order valence-electron chi connectivity index (χ0n) is 11.3. The summed E-state index contributed by atoms with van der Waals surface area (Å²) in [5, 5.41) is 2.82. The molecule has 0 radical (unpaired) electrons. The van der Waals surface area contributed by atoms with Crippen molar-refractivity contribution in [2.45, 2.75) is 44.1 Å². The van der Waals surface area contributed by atoms with Crippen molar-refractivity contribution in [1.82, 2.24) is 0 Å². The topological polar surface area (TPSA) is 55.4 Å². The molecule has 3 aliphatic rings. The lowest BCUT2D eigenvalue weighted by Gasteiger charge is -2.19. The molecule has 1 heterocycles. The van der Waals surface area contributed by atoms with E-state index in [1.54, 1.807) is 12.1 Å². The lowest BCUT2D eigenvalue weighted by molar-refractivity contribution is -0.116. The average Bonchev–Trinajstić information content (AvgIpc) is 3.31. The monoisotopic (exact) mass is 271 g/mol. The number of nitrogens with one attached hydrogen (secondary N) is 1. The highest BCUT2D eigenvalue weighted by molar-refractivity contribution is 5.96. The van der Waals surface area contributed by atoms with Crippen LogP contribution in [-0.2, 0) is 16.0 Å². The number of carbonyl (C=O) groups excluding carboxylic acids is 2. The van der Waals surface area contributed by atoms with Crippen molar-refractivity contribution < 1.29 is 14.3 Å². The molecule has 0 unspecified atom stereocenters. The minimum atomic E-state index is -0.214. The first kappa shape index (κ1) is 11.9. The molecule has 1 N–H and O–H groups in total. The Hall–Kier alpha value is -1.84. The van der Waals surface area contributed by atoms with E-state index in [1.807, 2.05) is 6.07 Å². The fourth-order valence-corrected chi connectivity index (χ4v) is 3.08. The van der Waals surface area contributed by atoms with Gasteiger partial charge in [-0.15, -0.1) is 0 Å². The summed E-state index contributed by atoms with van der Waals surface area (Å²) in [6.07, 6.45) is 5.61. The molecule has 1 amide bonds. The molecule has 1 aliphatic heterocycles. The van der Waals surface area contributed by atoms with Gasteiger partial charge in [-0.25, -0.2) is 4.79 Å². The number of hydrogen-bond acceptors (Lipinski definition) is 3. The standard InChI is InChI=1S/C16H17NO3/c18-14-6-2-10-9-11(1-5-13(10)17-14)15(19)20-16(7-8-16)12-3-4-12/h1,5,9,12H,2-4,6-8H2,(H,17,18). The fraction of sp³-hybridized carbons (Fsp3) is 0.500. The summed E-state index contributed by atoms with van der Waals surface area (Å²) in [7, 11) is 0. The summed E-state index contributed by atoms with van der Waals surface area (Å²) in [4.78, 5) is 23.6. The predicted octanol–water partition coefficient (Wildman–Crippen LogP) is 2.67. The van der Waals surface area contributed by atoms with Gasteiger partial charge in [-0.3, -0.25) is 4.79 Å². The summed E-state index contributed by atoms with van der Waals surface area (Å²) in [6, 6.07) is 5.41. The Morgan fingerprint density at radius 3 is 2.75 bits per heavy atom. The van der Waals surface area contributed by atoms with Crippen LogP contribution in [-0.4, -0.2) is 17.5 Å². The van der Waals surface area contributed by atoms with E-state index >= 15 is 0 Å². The third-order valence-electron chi connectivity index (χ3n) is 4.60. The molecule has 0 saturated heterocycles. The summed E-state index contributed by atoms with van der Waals surface area (Å²) in [5.41, 5.74) is 2.31. The number of aryl methyl sites for hydroxylation is 1. The van der Waals surface area contributed by atoms with Crippen LogP contribution < -0.4 is 5.32 Å². The van der Waals surface area contributed by atoms with Crippen molar-refractivity contribution in [3.05, 3.63) is 29.3 Å². The molecule has 1 aromatic carbocycles. The average molecular weight is 271 g/mol. The van der Waals surface area contributed by atoms with Gasteiger partial charge in [0.05, 0.1) is 5.56 Å². The Kier molecular flexibility index (Phi) is 2.43. The van der Waals surface area contributed by atoms with Crippen LogP contribution in [0.2, 0.25) is 0 Å². The Bertz CT molecular complexity index is 600. The maximum atomic E-state index is 12.3. The van der Waals surface area contributed by atoms with Gasteiger partial charge in [-0.05, 0) is 61.8 Å². The van der Waals surface area contributed by atoms with Crippen LogP contribution in [0.5, 0.6) is 0 Å². The number of rotatable bonds is 3. The van der Waals surface area contributed by atoms with Crippen molar-refractivity contribution in [2.24, 2.45) is 5.92 Å². The lowest BCUT2D eigenvalue weighted by Crippen LogP contribution is -2.23. The van der Waals surface area contributed by atoms with Gasteiger partial charge in [0.2, 0.25) is 5.91 Å². The highest BCUT2D eigenvalue weighted by atomic mass is 16.6. The van der Waals surface area contributed by atoms with Gasteiger partial charge in [-0.1, -0.05) is 0 Å². The number of fused-ring (bicyclic) bond motifs is 1. The van der Waals surface area contributed by atoms with Crippen molar-refractivity contribution >= 4 is 17.6 Å². The number of hydrogen-bond donors (Lipinski definition) is 1. The first-order chi connectivity index (χ1) is 9.66. The molecule has 2 aliphatic carbocycles. The number of amides is 1. The van der Waals surface area contributed by atoms with E-state index in [0.717, 1.165) is 24.1 Å². The highest BCUT2D eigenvalue weighted by Gasteiger charge is 2.57. The second-order valence-corrected chi connectivity index (χ2v) is 6.15. The van der Waals surface area contributed by atoms with Crippen LogP contribution in [0.15, 0.2) is 18.2 Å². The van der Waals surface area contributed by atoms with E-state index in [0.29, 0.717) is 24.3 Å². The van der Waals surface area contributed by atoms with Crippen molar-refractivity contribution in [2.75, 3.05) is 5.32 Å². The van der Waals surface area contributed by atoms with Crippen molar-refractivity contribution in [1.29, 1.82) is 0 Å². The van der Waals surface area contributed by atoms with Gasteiger partial charge >= 0.3 is 5.97 Å². The Balaban J connectivity index is 1.53. The Morgan fingerprint density at radius 2 is 2.05 bits per heavy atom. The van der Waals surface area contributed by atoms with Gasteiger partial charge < -0.3 is 10.1 Å². The van der Waals surface area contributed by atoms with E-state index in [1.165, 1.54) is 12.8 Å². The number of anilines is 1. The summed E-state index contributed by atoms with van der Waals surface area (Å²) >= 11 is 0. The van der Waals surface area contributed by atoms with Gasteiger partial charge in [0, 0.05) is 12.1 Å². The molecule has 4 rings (SSSR count). The van der Waals surface area contributed by atoms with Crippen molar-refractivity contribution in [3.8, 4) is 0 Å². The van der Waals surface area contributed by atoms with Gasteiger partial charge in [0.25, 0.3) is 0 Å². The van der Waals surface area contributed by atoms with Gasteiger partial charge in [0.15, 0.2) is 0 Å². The van der Waals surface area contributed by atoms with Crippen LogP contribution in [0.4, 0.5) is 5.69 Å². The van der Waals surface area contributed by atoms with E-state index in [-0.39, 0.29) is 17.5 Å². The lowest BCUT2D eigenvalue weighted by atomic mass is 10.0. The molecular weight excluding hydrogens is 254 g/mol. The van der Waals surface area contributed by atoms with E-state index in [9.17, 15) is 9.59 Å². The van der Waals surface area contributed by atoms with Gasteiger partial charge in [0.1, 0.15) is 5.60 Å². The normalized spacial score (nSPS) is 22.7. The molecule has 0 spiro atoms. The maximum absolute atomic E-state index is 12.3. The summed E-state index contributed by atoms with van der Waals surface area (Å²) < 4.78 is 5.74. The molecule has 4 nitrogen and oxygen atoms in total. The molecule has 0 atom stereocenters. The number of ether oxygens (including phenoxy) is 1. The third kappa shape index (κ3) is 1.99. The second-order valence-electron chi connectivity index (χ2n) is 6.15. The molecule has 0 bridgehead atoms. The summed E-state index contributed by atoms with van der Waals surface area (Å²) in [5.74, 6) is 0.427. The number of esters is 1. The molecule has 20 heavy (non-hydrogen) atoms. The van der Waals surface area contributed by atoms with E-state index < -0.39 is 0 Å². The molecular formula is C16H17NO3. The molecule has 1 aromatic rings. The summed E-state index contributed by atoms with van der Waals surface area (Å²) in [6.45, 7) is 0. The number of benzene rings is 1. The molecule has 0 aromatic heterocycles. The number of carbonyl (C=O) groups is 2. The Labute approximate surface area is 117 Å². The SMILES string of the molecule is O=C1CCc2cc(C(=O)OC3(C4CC4)CC3)ccc2N1. The van der Waals surface area contributed by atoms with Crippen LogP contribution in [0.25, 0.3) is 0 Å². The van der Waals surface area contributed by atoms with Crippen LogP contribution in [0.3, 0.4) is 0 Å². The Morgan fingerprint density at radius 1 is 1.25 bits per heavy atom. The van der Waals surface area contributed by atoms with Gasteiger partial charge in [-0.2, -0.15) is 0 Å². The zero-order chi connectivity index (χ0) is 13.7. The fourth-order valence-electron chi connectivity index (χ4n) is 3.08. The zero-order valence-corrected chi connectivity index (χ0v) is 11.3. The molecule has 4 heteroatoms. The van der Waals surface area contributed by atoms with E-state index in [4.69, 9.17) is 4.74 Å². The first-order valence-corrected chi connectivity index (χ1v) is 7.32. The van der Waals surface area contributed by atoms with Crippen LogP contribution in [0, 0.1) is 5.92 Å². The highest BCUT2D eigenvalue weighted by Crippen LogP contribution is 2.56. The van der Waals surface area contributed by atoms with Crippen LogP contribution in [0.1, 0.15) is 48.0 Å². The minimum Gasteiger partial charge on any atom is -0.455 e. The minimum absolute atomic E-state index is 0.0403. The predicted molar refractivity (Wildman–Crippen MR) is 73.5 cm³/mol. The molecule has 2 saturated carbocycles. The maximum Gasteiger partial charge on any atom is 0.338 e. The smallest absolute Gasteiger partial charge is 0.338 e. The second kappa shape index (κ2) is 4.08. The first-order valence-electron chi connectivity index (χ1n) is 7.32. The van der Waals surface area contributed by atoms with E-state index in [2.05, 4.69) is 5.32 Å². The quantitative estimate of drug-likeness (QED) is 0.860. The van der Waals surface area contributed by atoms with Crippen molar-refractivity contribution in [3.63, 3.8) is 0 Å². The third-order valence-corrected chi connectivity index (χ3v) is 4.60.